The van der Waals surface area contributed by atoms with Gasteiger partial charge in [0.15, 0.2) is 5.78 Å². The Balaban J connectivity index is 3.26. The average molecular weight is 245 g/mol. The van der Waals surface area contributed by atoms with Crippen molar-refractivity contribution >= 4 is 15.8 Å². The van der Waals surface area contributed by atoms with Gasteiger partial charge in [-0.25, -0.2) is 12.7 Å². The lowest BCUT2D eigenvalue weighted by atomic mass is 10.1. The summed E-state index contributed by atoms with van der Waals surface area (Å²) < 4.78 is 29.6. The van der Waals surface area contributed by atoms with Crippen LogP contribution in [0.4, 0.5) is 0 Å². The summed E-state index contributed by atoms with van der Waals surface area (Å²) in [6.45, 7) is 3.30. The molecule has 1 heterocycles. The molecular weight excluding hydrogens is 230 g/mol. The van der Waals surface area contributed by atoms with E-state index in [0.29, 0.717) is 17.7 Å². The van der Waals surface area contributed by atoms with Gasteiger partial charge in [-0.05, 0) is 6.92 Å². The van der Waals surface area contributed by atoms with Crippen LogP contribution in [0.15, 0.2) is 15.6 Å². The molecule has 0 aliphatic heterocycles. The molecule has 0 saturated heterocycles. The number of rotatable bonds is 4. The van der Waals surface area contributed by atoms with Crippen molar-refractivity contribution in [3.05, 3.63) is 17.4 Å². The molecule has 0 aliphatic rings. The van der Waals surface area contributed by atoms with Gasteiger partial charge in [-0.15, -0.1) is 0 Å². The summed E-state index contributed by atoms with van der Waals surface area (Å²) in [5, 5.41) is -0.188. The Morgan fingerprint density at radius 2 is 2.00 bits per heavy atom. The van der Waals surface area contributed by atoms with E-state index in [-0.39, 0.29) is 10.9 Å². The van der Waals surface area contributed by atoms with Gasteiger partial charge in [-0.1, -0.05) is 6.92 Å². The highest BCUT2D eigenvalue weighted by molar-refractivity contribution is 7.88. The summed E-state index contributed by atoms with van der Waals surface area (Å²) in [6, 6.07) is 1.29. The van der Waals surface area contributed by atoms with Crippen molar-refractivity contribution < 1.29 is 17.6 Å². The monoisotopic (exact) mass is 245 g/mol. The van der Waals surface area contributed by atoms with E-state index in [4.69, 9.17) is 4.42 Å². The van der Waals surface area contributed by atoms with Gasteiger partial charge >= 0.3 is 0 Å². The first-order valence-corrected chi connectivity index (χ1v) is 6.30. The number of carbonyl (C=O) groups excluding carboxylic acids is 1. The van der Waals surface area contributed by atoms with Crippen LogP contribution in [0.5, 0.6) is 0 Å². The van der Waals surface area contributed by atoms with Crippen LogP contribution >= 0.6 is 0 Å². The summed E-state index contributed by atoms with van der Waals surface area (Å²) in [5.41, 5.74) is 0.336. The maximum absolute atomic E-state index is 11.7. The van der Waals surface area contributed by atoms with E-state index in [1.165, 1.54) is 20.2 Å². The molecule has 0 fully saturated rings. The predicted octanol–water partition coefficient (Wildman–Crippen LogP) is 1.43. The minimum Gasteiger partial charge on any atom is -0.448 e. The van der Waals surface area contributed by atoms with Crippen molar-refractivity contribution in [2.24, 2.45) is 0 Å². The van der Waals surface area contributed by atoms with Crippen molar-refractivity contribution in [1.29, 1.82) is 0 Å². The molecule has 0 aliphatic carbocycles. The molecule has 1 aromatic heterocycles. The Bertz CT molecular complexity index is 499. The maximum atomic E-state index is 11.7. The molecule has 90 valence electrons. The molecule has 0 amide bonds. The maximum Gasteiger partial charge on any atom is 0.275 e. The highest BCUT2D eigenvalue weighted by atomic mass is 32.2. The summed E-state index contributed by atoms with van der Waals surface area (Å²) in [7, 11) is -0.783. The quantitative estimate of drug-likeness (QED) is 0.752. The predicted molar refractivity (Wildman–Crippen MR) is 58.9 cm³/mol. The zero-order valence-corrected chi connectivity index (χ0v) is 10.6. The molecular formula is C10H15NO4S. The van der Waals surface area contributed by atoms with E-state index in [9.17, 15) is 13.2 Å². The van der Waals surface area contributed by atoms with Gasteiger partial charge in [0.25, 0.3) is 10.0 Å². The Labute approximate surface area is 95.1 Å². The minimum atomic E-state index is -3.61. The summed E-state index contributed by atoms with van der Waals surface area (Å²) in [6.07, 6.45) is 0.321. The highest BCUT2D eigenvalue weighted by Crippen LogP contribution is 2.22. The Hall–Kier alpha value is -1.14. The molecule has 0 atom stereocenters. The SMILES string of the molecule is CCC(=O)c1cc(S(=O)(=O)N(C)C)oc1C. The molecule has 0 N–H and O–H groups in total. The van der Waals surface area contributed by atoms with Crippen LogP contribution in [0.25, 0.3) is 0 Å². The van der Waals surface area contributed by atoms with Crippen molar-refractivity contribution in [3.8, 4) is 0 Å². The molecule has 5 nitrogen and oxygen atoms in total. The number of aryl methyl sites for hydroxylation is 1. The summed E-state index contributed by atoms with van der Waals surface area (Å²) in [4.78, 5) is 11.5. The molecule has 0 bridgehead atoms. The van der Waals surface area contributed by atoms with Gasteiger partial charge in [0, 0.05) is 26.6 Å². The van der Waals surface area contributed by atoms with E-state index in [0.717, 1.165) is 4.31 Å². The topological polar surface area (TPSA) is 67.6 Å². The van der Waals surface area contributed by atoms with Crippen LogP contribution < -0.4 is 0 Å². The van der Waals surface area contributed by atoms with Gasteiger partial charge in [0.2, 0.25) is 5.09 Å². The number of hydrogen-bond donors (Lipinski definition) is 0. The molecule has 0 radical (unpaired) electrons. The van der Waals surface area contributed by atoms with Gasteiger partial charge < -0.3 is 4.42 Å². The Morgan fingerprint density at radius 3 is 2.44 bits per heavy atom. The second-order valence-electron chi connectivity index (χ2n) is 3.60. The minimum absolute atomic E-state index is 0.124. The van der Waals surface area contributed by atoms with E-state index in [1.54, 1.807) is 13.8 Å². The van der Waals surface area contributed by atoms with Gasteiger partial charge in [-0.2, -0.15) is 0 Å². The normalized spacial score (nSPS) is 12.1. The first kappa shape index (κ1) is 12.9. The lowest BCUT2D eigenvalue weighted by Crippen LogP contribution is -2.21. The largest absolute Gasteiger partial charge is 0.448 e. The number of hydrogen-bond acceptors (Lipinski definition) is 4. The van der Waals surface area contributed by atoms with Gasteiger partial charge in [-0.3, -0.25) is 4.79 Å². The Morgan fingerprint density at radius 1 is 1.44 bits per heavy atom. The standard InChI is InChI=1S/C10H15NO4S/c1-5-9(12)8-6-10(15-7(8)2)16(13,14)11(3)4/h6H,5H2,1-4H3. The number of Topliss-reactive ketones (excluding diaryl/α,β-unsaturated/α-hetero) is 1. The molecule has 1 rings (SSSR count). The third kappa shape index (κ3) is 2.17. The average Bonchev–Trinajstić information content (AvgIpc) is 2.59. The number of nitrogens with zero attached hydrogens (tertiary/aromatic N) is 1. The molecule has 0 aromatic carbocycles. The lowest BCUT2D eigenvalue weighted by Gasteiger charge is -2.07. The molecule has 0 spiro atoms. The fraction of sp³-hybridized carbons (Fsp3) is 0.500. The van der Waals surface area contributed by atoms with Crippen molar-refractivity contribution in [1.82, 2.24) is 4.31 Å². The zero-order chi connectivity index (χ0) is 12.5. The second-order valence-corrected chi connectivity index (χ2v) is 5.68. The molecule has 0 saturated carbocycles. The molecule has 0 unspecified atom stereocenters. The number of sulfonamides is 1. The van der Waals surface area contributed by atoms with E-state index in [1.807, 2.05) is 0 Å². The van der Waals surface area contributed by atoms with Crippen LogP contribution in [-0.4, -0.2) is 32.6 Å². The first-order chi connectivity index (χ1) is 7.30. The first-order valence-electron chi connectivity index (χ1n) is 4.86. The zero-order valence-electron chi connectivity index (χ0n) is 9.77. The third-order valence-electron chi connectivity index (χ3n) is 2.25. The Kier molecular flexibility index (Phi) is 3.54. The highest BCUT2D eigenvalue weighted by Gasteiger charge is 2.24. The van der Waals surface area contributed by atoms with Crippen LogP contribution in [0.1, 0.15) is 29.5 Å². The summed E-state index contributed by atoms with van der Waals surface area (Å²) >= 11 is 0. The van der Waals surface area contributed by atoms with Crippen molar-refractivity contribution in [2.45, 2.75) is 25.4 Å². The lowest BCUT2D eigenvalue weighted by molar-refractivity contribution is 0.0986. The van der Waals surface area contributed by atoms with Crippen molar-refractivity contribution in [3.63, 3.8) is 0 Å². The molecule has 1 aromatic rings. The number of furan rings is 1. The van der Waals surface area contributed by atoms with Gasteiger partial charge in [0.05, 0.1) is 5.56 Å². The van der Waals surface area contributed by atoms with E-state index >= 15 is 0 Å². The van der Waals surface area contributed by atoms with Crippen LogP contribution in [-0.2, 0) is 10.0 Å². The summed E-state index contributed by atoms with van der Waals surface area (Å²) in [5.74, 6) is 0.216. The van der Waals surface area contributed by atoms with Crippen LogP contribution in [0.2, 0.25) is 0 Å². The van der Waals surface area contributed by atoms with Crippen molar-refractivity contribution in [2.75, 3.05) is 14.1 Å². The van der Waals surface area contributed by atoms with E-state index < -0.39 is 10.0 Å². The van der Waals surface area contributed by atoms with E-state index in [2.05, 4.69) is 0 Å². The fourth-order valence-electron chi connectivity index (χ4n) is 1.23. The van der Waals surface area contributed by atoms with Gasteiger partial charge in [0.1, 0.15) is 5.76 Å². The second kappa shape index (κ2) is 4.39. The molecule has 6 heteroatoms. The number of carbonyl (C=O) groups is 1. The molecule has 16 heavy (non-hydrogen) atoms. The van der Waals surface area contributed by atoms with Crippen LogP contribution in [0, 0.1) is 6.92 Å². The van der Waals surface area contributed by atoms with Crippen LogP contribution in [0.3, 0.4) is 0 Å². The third-order valence-corrected chi connectivity index (χ3v) is 3.92. The smallest absolute Gasteiger partial charge is 0.275 e. The number of ketones is 1. The fourth-order valence-corrected chi connectivity index (χ4v) is 2.09.